The van der Waals surface area contributed by atoms with Crippen molar-refractivity contribution in [2.24, 2.45) is 5.10 Å². The molecule has 4 rings (SSSR count). The number of morpholine rings is 1. The molecule has 1 aliphatic heterocycles. The SMILES string of the molecule is Cc1ccc([N+](=O)[O-])cc1S(=O)(=O)N(CCN1CCOCC1)/N=C\c1cnn2ccc(C#N)cc12. The average Bonchev–Trinajstić information content (AvgIpc) is 3.26. The van der Waals surface area contributed by atoms with Gasteiger partial charge in [-0.05, 0) is 24.6 Å². The van der Waals surface area contributed by atoms with Crippen molar-refractivity contribution in [3.8, 4) is 6.07 Å². The zero-order valence-corrected chi connectivity index (χ0v) is 19.8. The molecule has 1 saturated heterocycles. The highest BCUT2D eigenvalue weighted by Gasteiger charge is 2.28. The van der Waals surface area contributed by atoms with Gasteiger partial charge in [-0.25, -0.2) is 4.52 Å². The van der Waals surface area contributed by atoms with Gasteiger partial charge < -0.3 is 4.74 Å². The maximum absolute atomic E-state index is 13.6. The first-order valence-corrected chi connectivity index (χ1v) is 12.2. The molecule has 1 aromatic carbocycles. The van der Waals surface area contributed by atoms with Gasteiger partial charge in [0.25, 0.3) is 15.7 Å². The Bertz CT molecular complexity index is 1420. The summed E-state index contributed by atoms with van der Waals surface area (Å²) >= 11 is 0. The summed E-state index contributed by atoms with van der Waals surface area (Å²) in [5.74, 6) is 0. The Hall–Kier alpha value is -3.86. The second-order valence-corrected chi connectivity index (χ2v) is 9.72. The zero-order valence-electron chi connectivity index (χ0n) is 18.9. The summed E-state index contributed by atoms with van der Waals surface area (Å²) in [6.45, 7) is 4.46. The lowest BCUT2D eigenvalue weighted by Gasteiger charge is -2.28. The normalized spacial score (nSPS) is 14.9. The molecule has 3 aromatic rings. The van der Waals surface area contributed by atoms with E-state index >= 15 is 0 Å². The van der Waals surface area contributed by atoms with Gasteiger partial charge in [-0.15, -0.1) is 0 Å². The Morgan fingerprint density at radius 2 is 2.09 bits per heavy atom. The number of nitriles is 1. The Morgan fingerprint density at radius 3 is 2.80 bits per heavy atom. The van der Waals surface area contributed by atoms with Gasteiger partial charge in [-0.2, -0.15) is 28.3 Å². The number of hydrogen-bond donors (Lipinski definition) is 0. The van der Waals surface area contributed by atoms with Crippen molar-refractivity contribution in [1.82, 2.24) is 18.9 Å². The van der Waals surface area contributed by atoms with Crippen molar-refractivity contribution in [1.29, 1.82) is 5.26 Å². The molecule has 1 aliphatic rings. The highest BCUT2D eigenvalue weighted by atomic mass is 32.2. The molecule has 0 radical (unpaired) electrons. The van der Waals surface area contributed by atoms with Crippen LogP contribution in [0.15, 0.2) is 52.7 Å². The van der Waals surface area contributed by atoms with Gasteiger partial charge in [0.2, 0.25) is 0 Å². The molecule has 0 amide bonds. The quantitative estimate of drug-likeness (QED) is 0.260. The maximum Gasteiger partial charge on any atom is 0.279 e. The monoisotopic (exact) mass is 497 g/mol. The largest absolute Gasteiger partial charge is 0.379 e. The van der Waals surface area contributed by atoms with E-state index in [2.05, 4.69) is 21.2 Å². The lowest BCUT2D eigenvalue weighted by atomic mass is 10.2. The number of non-ortho nitro benzene ring substituents is 1. The van der Waals surface area contributed by atoms with E-state index in [9.17, 15) is 23.8 Å². The topological polar surface area (TPSA) is 146 Å². The summed E-state index contributed by atoms with van der Waals surface area (Å²) in [5, 5.41) is 28.9. The zero-order chi connectivity index (χ0) is 25.0. The summed E-state index contributed by atoms with van der Waals surface area (Å²) in [5.41, 5.74) is 1.58. The minimum atomic E-state index is -4.21. The van der Waals surface area contributed by atoms with E-state index in [0.29, 0.717) is 55.1 Å². The third-order valence-corrected chi connectivity index (χ3v) is 7.48. The molecule has 35 heavy (non-hydrogen) atoms. The fourth-order valence-corrected chi connectivity index (χ4v) is 5.15. The molecular weight excluding hydrogens is 474 g/mol. The summed E-state index contributed by atoms with van der Waals surface area (Å²) < 4.78 is 35.1. The number of rotatable bonds is 8. The van der Waals surface area contributed by atoms with Crippen LogP contribution in [0.5, 0.6) is 0 Å². The van der Waals surface area contributed by atoms with Gasteiger partial charge in [0, 0.05) is 43.5 Å². The van der Waals surface area contributed by atoms with Gasteiger partial charge >= 0.3 is 0 Å². The molecule has 0 spiro atoms. The number of fused-ring (bicyclic) bond motifs is 1. The second kappa shape index (κ2) is 10.2. The van der Waals surface area contributed by atoms with E-state index in [-0.39, 0.29) is 17.1 Å². The summed E-state index contributed by atoms with van der Waals surface area (Å²) in [4.78, 5) is 12.5. The molecule has 2 aromatic heterocycles. The molecule has 0 saturated carbocycles. The lowest BCUT2D eigenvalue weighted by molar-refractivity contribution is -0.385. The standard InChI is InChI=1S/C22H23N7O5S/c1-17-2-3-20(29(30)31)13-22(17)35(32,33)28(7-6-26-8-10-34-11-9-26)25-16-19-15-24-27-5-4-18(14-23)12-21(19)27/h2-5,12-13,15-16H,6-11H2,1H3/b25-16-. The first-order valence-electron chi connectivity index (χ1n) is 10.8. The number of nitro groups is 1. The van der Waals surface area contributed by atoms with Crippen molar-refractivity contribution in [3.05, 3.63) is 69.5 Å². The first-order chi connectivity index (χ1) is 16.8. The minimum Gasteiger partial charge on any atom is -0.379 e. The molecule has 3 heterocycles. The van der Waals surface area contributed by atoms with Crippen molar-refractivity contribution < 1.29 is 18.1 Å². The molecule has 0 N–H and O–H groups in total. The highest BCUT2D eigenvalue weighted by molar-refractivity contribution is 7.89. The summed E-state index contributed by atoms with van der Waals surface area (Å²) in [6, 6.07) is 9.03. The van der Waals surface area contributed by atoms with E-state index < -0.39 is 14.9 Å². The number of benzene rings is 1. The molecule has 182 valence electrons. The second-order valence-electron chi connectivity index (χ2n) is 7.91. The van der Waals surface area contributed by atoms with Crippen LogP contribution in [-0.2, 0) is 14.8 Å². The number of aryl methyl sites for hydroxylation is 1. The fourth-order valence-electron chi connectivity index (χ4n) is 3.68. The Kier molecular flexibility index (Phi) is 7.06. The van der Waals surface area contributed by atoms with Crippen LogP contribution in [0.1, 0.15) is 16.7 Å². The molecule has 12 nitrogen and oxygen atoms in total. The van der Waals surface area contributed by atoms with Crippen LogP contribution in [-0.4, -0.2) is 77.9 Å². The smallest absolute Gasteiger partial charge is 0.279 e. The highest BCUT2D eigenvalue weighted by Crippen LogP contribution is 2.25. The molecule has 13 heteroatoms. The molecule has 1 fully saturated rings. The van der Waals surface area contributed by atoms with Gasteiger partial charge in [0.1, 0.15) is 0 Å². The molecule has 0 atom stereocenters. The van der Waals surface area contributed by atoms with E-state index in [0.717, 1.165) is 10.5 Å². The third kappa shape index (κ3) is 5.29. The number of sulfonamides is 1. The van der Waals surface area contributed by atoms with Crippen molar-refractivity contribution in [2.75, 3.05) is 39.4 Å². The van der Waals surface area contributed by atoms with Crippen LogP contribution < -0.4 is 0 Å². The Balaban J connectivity index is 1.70. The Morgan fingerprint density at radius 1 is 1.31 bits per heavy atom. The predicted octanol–water partition coefficient (Wildman–Crippen LogP) is 1.78. The number of ether oxygens (including phenoxy) is 1. The fraction of sp³-hybridized carbons (Fsp3) is 0.318. The number of hydrogen-bond acceptors (Lipinski definition) is 9. The van der Waals surface area contributed by atoms with Crippen molar-refractivity contribution in [2.45, 2.75) is 11.8 Å². The number of nitrogens with zero attached hydrogens (tertiary/aromatic N) is 7. The molecule has 0 aliphatic carbocycles. The van der Waals surface area contributed by atoms with E-state index in [1.807, 2.05) is 0 Å². The van der Waals surface area contributed by atoms with Gasteiger partial charge in [-0.1, -0.05) is 6.07 Å². The average molecular weight is 498 g/mol. The van der Waals surface area contributed by atoms with Crippen molar-refractivity contribution in [3.63, 3.8) is 0 Å². The van der Waals surface area contributed by atoms with E-state index in [4.69, 9.17) is 4.74 Å². The van der Waals surface area contributed by atoms with E-state index in [1.54, 1.807) is 29.8 Å². The third-order valence-electron chi connectivity index (χ3n) is 5.66. The van der Waals surface area contributed by atoms with Gasteiger partial charge in [-0.3, -0.25) is 15.0 Å². The van der Waals surface area contributed by atoms with E-state index in [1.165, 1.54) is 24.5 Å². The number of nitro benzene ring substituents is 1. The lowest BCUT2D eigenvalue weighted by Crippen LogP contribution is -2.41. The maximum atomic E-state index is 13.6. The van der Waals surface area contributed by atoms with Gasteiger partial charge in [0.05, 0.1) is 59.1 Å². The molecule has 0 unspecified atom stereocenters. The van der Waals surface area contributed by atoms with Crippen molar-refractivity contribution >= 4 is 27.4 Å². The van der Waals surface area contributed by atoms with Crippen LogP contribution in [0.4, 0.5) is 5.69 Å². The van der Waals surface area contributed by atoms with Crippen LogP contribution in [0.25, 0.3) is 5.52 Å². The Labute approximate surface area is 201 Å². The summed E-state index contributed by atoms with van der Waals surface area (Å²) in [6.07, 6.45) is 4.52. The first kappa shape index (κ1) is 24.3. The minimum absolute atomic E-state index is 0.0314. The molecular formula is C22H23N7O5S. The number of pyridine rings is 1. The van der Waals surface area contributed by atoms with Crippen LogP contribution in [0.3, 0.4) is 0 Å². The van der Waals surface area contributed by atoms with Gasteiger partial charge in [0.15, 0.2) is 0 Å². The van der Waals surface area contributed by atoms with Crippen LogP contribution in [0, 0.1) is 28.4 Å². The van der Waals surface area contributed by atoms with Crippen LogP contribution >= 0.6 is 0 Å². The number of aromatic nitrogens is 2. The predicted molar refractivity (Wildman–Crippen MR) is 126 cm³/mol. The number of hydrazone groups is 1. The molecule has 0 bridgehead atoms. The summed E-state index contributed by atoms with van der Waals surface area (Å²) in [7, 11) is -4.21. The van der Waals surface area contributed by atoms with Crippen LogP contribution in [0.2, 0.25) is 0 Å².